The number of thiophene rings is 1. The van der Waals surface area contributed by atoms with Crippen LogP contribution in [0.4, 0.5) is 11.4 Å². The third kappa shape index (κ3) is 5.14. The second kappa shape index (κ2) is 8.44. The van der Waals surface area contributed by atoms with Gasteiger partial charge in [0, 0.05) is 24.5 Å². The van der Waals surface area contributed by atoms with Gasteiger partial charge in [0.05, 0.1) is 23.6 Å². The van der Waals surface area contributed by atoms with E-state index in [0.717, 1.165) is 13.1 Å². The molecule has 3 rings (SSSR count). The van der Waals surface area contributed by atoms with E-state index >= 15 is 0 Å². The molecule has 7 heteroatoms. The fraction of sp³-hybridized carbons (Fsp3) is 0.368. The van der Waals surface area contributed by atoms with Crippen molar-refractivity contribution in [3.05, 3.63) is 46.7 Å². The van der Waals surface area contributed by atoms with Crippen LogP contribution in [0, 0.1) is 0 Å². The Morgan fingerprint density at radius 2 is 1.69 bits per heavy atom. The molecule has 0 saturated carbocycles. The van der Waals surface area contributed by atoms with Gasteiger partial charge in [0.2, 0.25) is 5.91 Å². The van der Waals surface area contributed by atoms with Crippen LogP contribution in [0.1, 0.15) is 23.5 Å². The Labute approximate surface area is 157 Å². The lowest BCUT2D eigenvalue weighted by Gasteiger charge is -2.34. The summed E-state index contributed by atoms with van der Waals surface area (Å²) >= 11 is 1.40. The molecule has 0 spiro atoms. The number of morpholine rings is 1. The van der Waals surface area contributed by atoms with Crippen molar-refractivity contribution in [2.24, 2.45) is 0 Å². The van der Waals surface area contributed by atoms with Gasteiger partial charge in [-0.2, -0.15) is 0 Å². The summed E-state index contributed by atoms with van der Waals surface area (Å²) in [5.74, 6) is -0.186. The topological polar surface area (TPSA) is 70.7 Å². The summed E-state index contributed by atoms with van der Waals surface area (Å²) in [6, 6.07) is 10.7. The lowest BCUT2D eigenvalue weighted by molar-refractivity contribution is -0.121. The average Bonchev–Trinajstić information content (AvgIpc) is 3.10. The zero-order chi connectivity index (χ0) is 18.5. The molecule has 0 radical (unpaired) electrons. The molecule has 1 aliphatic heterocycles. The Hall–Kier alpha value is -2.22. The standard InChI is InChI=1S/C19H23N3O3S/c1-13-10-22(11-14(2)25-13)12-18(23)20-15-5-7-16(8-6-15)21-19(24)17-4-3-9-26-17/h3-9,13-14H,10-12H2,1-2H3,(H,20,23)(H,21,24)/t13-,14-/m0/s1. The van der Waals surface area contributed by atoms with Crippen molar-refractivity contribution in [2.45, 2.75) is 26.1 Å². The van der Waals surface area contributed by atoms with Crippen LogP contribution in [-0.2, 0) is 9.53 Å². The van der Waals surface area contributed by atoms with E-state index in [4.69, 9.17) is 4.74 Å². The van der Waals surface area contributed by atoms with E-state index in [2.05, 4.69) is 15.5 Å². The van der Waals surface area contributed by atoms with Gasteiger partial charge >= 0.3 is 0 Å². The Kier molecular flexibility index (Phi) is 6.03. The van der Waals surface area contributed by atoms with Gasteiger partial charge in [-0.1, -0.05) is 6.07 Å². The quantitative estimate of drug-likeness (QED) is 0.845. The molecule has 1 saturated heterocycles. The molecule has 2 atom stereocenters. The molecule has 1 aromatic heterocycles. The van der Waals surface area contributed by atoms with Crippen LogP contribution in [0.15, 0.2) is 41.8 Å². The van der Waals surface area contributed by atoms with Crippen molar-refractivity contribution < 1.29 is 14.3 Å². The first-order valence-corrected chi connectivity index (χ1v) is 9.50. The van der Waals surface area contributed by atoms with Crippen LogP contribution in [0.2, 0.25) is 0 Å². The van der Waals surface area contributed by atoms with Crippen LogP contribution in [0.5, 0.6) is 0 Å². The number of nitrogens with one attached hydrogen (secondary N) is 2. The number of anilines is 2. The molecular weight excluding hydrogens is 350 g/mol. The van der Waals surface area contributed by atoms with E-state index in [1.807, 2.05) is 25.3 Å². The molecule has 2 heterocycles. The number of carbonyl (C=O) groups is 2. The number of amides is 2. The molecule has 6 nitrogen and oxygen atoms in total. The molecule has 2 N–H and O–H groups in total. The van der Waals surface area contributed by atoms with E-state index in [0.29, 0.717) is 22.8 Å². The molecule has 1 aliphatic rings. The fourth-order valence-corrected chi connectivity index (χ4v) is 3.67. The van der Waals surface area contributed by atoms with Gasteiger partial charge < -0.3 is 15.4 Å². The smallest absolute Gasteiger partial charge is 0.265 e. The predicted molar refractivity (Wildman–Crippen MR) is 104 cm³/mol. The van der Waals surface area contributed by atoms with Crippen molar-refractivity contribution in [3.8, 4) is 0 Å². The van der Waals surface area contributed by atoms with Crippen LogP contribution < -0.4 is 10.6 Å². The maximum atomic E-state index is 12.3. The lowest BCUT2D eigenvalue weighted by atomic mass is 10.2. The van der Waals surface area contributed by atoms with Gasteiger partial charge in [0.1, 0.15) is 0 Å². The molecular formula is C19H23N3O3S. The SMILES string of the molecule is C[C@H]1CN(CC(=O)Nc2ccc(NC(=O)c3cccs3)cc2)C[C@H](C)O1. The first-order valence-electron chi connectivity index (χ1n) is 8.62. The number of rotatable bonds is 5. The van der Waals surface area contributed by atoms with E-state index < -0.39 is 0 Å². The molecule has 0 bridgehead atoms. The minimum absolute atomic E-state index is 0.0540. The van der Waals surface area contributed by atoms with Crippen LogP contribution in [0.3, 0.4) is 0 Å². The number of nitrogens with zero attached hydrogens (tertiary/aromatic N) is 1. The van der Waals surface area contributed by atoms with Crippen molar-refractivity contribution in [2.75, 3.05) is 30.3 Å². The Morgan fingerprint density at radius 1 is 1.08 bits per heavy atom. The molecule has 1 aromatic carbocycles. The summed E-state index contributed by atoms with van der Waals surface area (Å²) in [6.45, 7) is 5.89. The normalized spacial score (nSPS) is 20.5. The molecule has 2 aromatic rings. The summed E-state index contributed by atoms with van der Waals surface area (Å²) < 4.78 is 5.68. The average molecular weight is 373 g/mol. The minimum Gasteiger partial charge on any atom is -0.373 e. The third-order valence-corrected chi connectivity index (χ3v) is 4.90. The summed E-state index contributed by atoms with van der Waals surface area (Å²) in [7, 11) is 0. The fourth-order valence-electron chi connectivity index (χ4n) is 3.05. The molecule has 2 amide bonds. The number of ether oxygens (including phenoxy) is 1. The molecule has 0 unspecified atom stereocenters. The van der Waals surface area contributed by atoms with E-state index in [1.54, 1.807) is 30.3 Å². The van der Waals surface area contributed by atoms with Crippen LogP contribution in [0.25, 0.3) is 0 Å². The lowest BCUT2D eigenvalue weighted by Crippen LogP contribution is -2.48. The maximum absolute atomic E-state index is 12.3. The molecule has 0 aliphatic carbocycles. The van der Waals surface area contributed by atoms with E-state index in [9.17, 15) is 9.59 Å². The summed E-state index contributed by atoms with van der Waals surface area (Å²) in [5.41, 5.74) is 1.40. The van der Waals surface area contributed by atoms with Gasteiger partial charge in [0.25, 0.3) is 5.91 Å². The van der Waals surface area contributed by atoms with Gasteiger partial charge in [-0.25, -0.2) is 0 Å². The number of carbonyl (C=O) groups excluding carboxylic acids is 2. The van der Waals surface area contributed by atoms with Crippen LogP contribution in [-0.4, -0.2) is 48.6 Å². The van der Waals surface area contributed by atoms with Gasteiger partial charge in [-0.3, -0.25) is 14.5 Å². The van der Waals surface area contributed by atoms with Gasteiger partial charge in [-0.15, -0.1) is 11.3 Å². The van der Waals surface area contributed by atoms with Crippen LogP contribution >= 0.6 is 11.3 Å². The Morgan fingerprint density at radius 3 is 2.27 bits per heavy atom. The van der Waals surface area contributed by atoms with Crippen molar-refractivity contribution in [1.29, 1.82) is 0 Å². The van der Waals surface area contributed by atoms with Crippen molar-refractivity contribution >= 4 is 34.5 Å². The number of hydrogen-bond donors (Lipinski definition) is 2. The first-order chi connectivity index (χ1) is 12.5. The summed E-state index contributed by atoms with van der Waals surface area (Å²) in [5, 5.41) is 7.60. The highest BCUT2D eigenvalue weighted by molar-refractivity contribution is 7.12. The third-order valence-electron chi connectivity index (χ3n) is 4.03. The number of benzene rings is 1. The Bertz CT molecular complexity index is 736. The molecule has 138 valence electrons. The van der Waals surface area contributed by atoms with Gasteiger partial charge in [0.15, 0.2) is 0 Å². The first kappa shape index (κ1) is 18.6. The molecule has 1 fully saturated rings. The predicted octanol–water partition coefficient (Wildman–Crippen LogP) is 3.05. The van der Waals surface area contributed by atoms with Crippen molar-refractivity contribution in [1.82, 2.24) is 4.90 Å². The summed E-state index contributed by atoms with van der Waals surface area (Å²) in [4.78, 5) is 27.0. The maximum Gasteiger partial charge on any atom is 0.265 e. The van der Waals surface area contributed by atoms with Crippen molar-refractivity contribution in [3.63, 3.8) is 0 Å². The zero-order valence-corrected chi connectivity index (χ0v) is 15.7. The molecule has 26 heavy (non-hydrogen) atoms. The second-order valence-electron chi connectivity index (χ2n) is 6.51. The second-order valence-corrected chi connectivity index (χ2v) is 7.46. The Balaban J connectivity index is 1.50. The number of hydrogen-bond acceptors (Lipinski definition) is 5. The monoisotopic (exact) mass is 373 g/mol. The van der Waals surface area contributed by atoms with E-state index in [1.165, 1.54) is 11.3 Å². The zero-order valence-electron chi connectivity index (χ0n) is 14.9. The highest BCUT2D eigenvalue weighted by Crippen LogP contribution is 2.17. The summed E-state index contributed by atoms with van der Waals surface area (Å²) in [6.07, 6.45) is 0.274. The van der Waals surface area contributed by atoms with E-state index in [-0.39, 0.29) is 24.0 Å². The largest absolute Gasteiger partial charge is 0.373 e. The highest BCUT2D eigenvalue weighted by Gasteiger charge is 2.23. The highest BCUT2D eigenvalue weighted by atomic mass is 32.1. The van der Waals surface area contributed by atoms with Gasteiger partial charge in [-0.05, 0) is 49.6 Å². The minimum atomic E-state index is -0.132.